The summed E-state index contributed by atoms with van der Waals surface area (Å²) >= 11 is 0. The van der Waals surface area contributed by atoms with Crippen molar-refractivity contribution >= 4 is 11.6 Å². The minimum Gasteiger partial charge on any atom is -0.469 e. The number of nitrogens with zero attached hydrogens (tertiary/aromatic N) is 3. The average Bonchev–Trinajstić information content (AvgIpc) is 3.05. The van der Waals surface area contributed by atoms with E-state index in [1.54, 1.807) is 12.4 Å². The fourth-order valence-corrected chi connectivity index (χ4v) is 2.27. The van der Waals surface area contributed by atoms with Gasteiger partial charge in [-0.05, 0) is 18.4 Å². The molecular weight excluding hydrogens is 302 g/mol. The van der Waals surface area contributed by atoms with Gasteiger partial charge in [0.1, 0.15) is 6.10 Å². The van der Waals surface area contributed by atoms with Gasteiger partial charge < -0.3 is 10.1 Å². The van der Waals surface area contributed by atoms with Gasteiger partial charge in [0.15, 0.2) is 11.6 Å². The van der Waals surface area contributed by atoms with Crippen molar-refractivity contribution in [2.24, 2.45) is 0 Å². The molecule has 1 atom stereocenters. The summed E-state index contributed by atoms with van der Waals surface area (Å²) in [6.45, 7) is 6.20. The first-order chi connectivity index (χ1) is 11.6. The molecule has 2 aromatic heterocycles. The first kappa shape index (κ1) is 16.0. The fraction of sp³-hybridized carbons (Fsp3) is 0.278. The molecule has 24 heavy (non-hydrogen) atoms. The van der Waals surface area contributed by atoms with Crippen molar-refractivity contribution in [2.75, 3.05) is 5.32 Å². The second-order valence-corrected chi connectivity index (χ2v) is 5.90. The topological polar surface area (TPSA) is 75.7 Å². The molecule has 2 N–H and O–H groups in total. The van der Waals surface area contributed by atoms with E-state index in [2.05, 4.69) is 39.3 Å². The maximum absolute atomic E-state index is 5.88. The Morgan fingerprint density at radius 1 is 1.04 bits per heavy atom. The quantitative estimate of drug-likeness (QED) is 0.711. The highest BCUT2D eigenvalue weighted by molar-refractivity contribution is 5.51. The Hall–Kier alpha value is -2.89. The smallest absolute Gasteiger partial charge is 0.234 e. The number of nitrogens with one attached hydrogen (secondary N) is 2. The van der Waals surface area contributed by atoms with Crippen molar-refractivity contribution < 1.29 is 4.74 Å². The largest absolute Gasteiger partial charge is 0.469 e. The maximum atomic E-state index is 5.88. The van der Waals surface area contributed by atoms with Gasteiger partial charge in [0.05, 0.1) is 12.4 Å². The predicted molar refractivity (Wildman–Crippen MR) is 93.5 cm³/mol. The third-order valence-corrected chi connectivity index (χ3v) is 3.65. The van der Waals surface area contributed by atoms with Gasteiger partial charge in [0.25, 0.3) is 0 Å². The third-order valence-electron chi connectivity index (χ3n) is 3.65. The Kier molecular flexibility index (Phi) is 4.74. The summed E-state index contributed by atoms with van der Waals surface area (Å²) in [6.07, 6.45) is 3.15. The molecule has 3 rings (SSSR count). The van der Waals surface area contributed by atoms with Crippen LogP contribution in [-0.2, 0) is 0 Å². The van der Waals surface area contributed by atoms with Gasteiger partial charge in [-0.25, -0.2) is 0 Å². The van der Waals surface area contributed by atoms with E-state index in [9.17, 15) is 0 Å². The van der Waals surface area contributed by atoms with E-state index in [-0.39, 0.29) is 6.10 Å². The molecule has 0 fully saturated rings. The number of anilines is 2. The number of hydrogen-bond donors (Lipinski definition) is 2. The van der Waals surface area contributed by atoms with Gasteiger partial charge in [-0.2, -0.15) is 10.1 Å². The highest BCUT2D eigenvalue weighted by Gasteiger charge is 2.10. The zero-order valence-electron chi connectivity index (χ0n) is 14.0. The van der Waals surface area contributed by atoms with Crippen LogP contribution in [0.1, 0.15) is 44.1 Å². The molecule has 0 aliphatic heterocycles. The molecule has 3 aromatic rings. The lowest BCUT2D eigenvalue weighted by Gasteiger charge is -2.14. The lowest BCUT2D eigenvalue weighted by atomic mass is 10.1. The van der Waals surface area contributed by atoms with Crippen LogP contribution in [0, 0.1) is 0 Å². The van der Waals surface area contributed by atoms with Crippen LogP contribution in [0.4, 0.5) is 11.6 Å². The average molecular weight is 323 g/mol. The van der Waals surface area contributed by atoms with E-state index in [4.69, 9.17) is 4.74 Å². The van der Waals surface area contributed by atoms with Crippen molar-refractivity contribution in [3.8, 4) is 5.88 Å². The summed E-state index contributed by atoms with van der Waals surface area (Å²) in [4.78, 5) is 8.62. The standard InChI is InChI=1S/C18H21N5O/c1-12(2)15-9-16(23-22-15)20-17-10-19-11-18(21-17)24-13(3)14-7-5-4-6-8-14/h4-13H,1-3H3,(H2,20,21,22,23)/t13-/m0/s1. The van der Waals surface area contributed by atoms with Gasteiger partial charge in [-0.1, -0.05) is 44.2 Å². The number of ether oxygens (including phenoxy) is 1. The Morgan fingerprint density at radius 3 is 2.54 bits per heavy atom. The molecule has 6 nitrogen and oxygen atoms in total. The van der Waals surface area contributed by atoms with E-state index < -0.39 is 0 Å². The van der Waals surface area contributed by atoms with Crippen LogP contribution in [0.25, 0.3) is 0 Å². The van der Waals surface area contributed by atoms with E-state index in [1.165, 1.54) is 0 Å². The van der Waals surface area contributed by atoms with Crippen LogP contribution in [0.2, 0.25) is 0 Å². The minimum absolute atomic E-state index is 0.103. The minimum atomic E-state index is -0.103. The SMILES string of the molecule is CC(C)c1cc(Nc2cncc(O[C@@H](C)c3ccccc3)n2)n[nH]1. The van der Waals surface area contributed by atoms with Crippen molar-refractivity contribution in [2.45, 2.75) is 32.8 Å². The Balaban J connectivity index is 1.69. The number of aromatic amines is 1. The van der Waals surface area contributed by atoms with Crippen LogP contribution in [0.5, 0.6) is 5.88 Å². The predicted octanol–water partition coefficient (Wildman–Crippen LogP) is 4.21. The molecule has 0 saturated carbocycles. The maximum Gasteiger partial charge on any atom is 0.234 e. The molecule has 0 spiro atoms. The zero-order chi connectivity index (χ0) is 16.9. The lowest BCUT2D eigenvalue weighted by Crippen LogP contribution is -2.05. The van der Waals surface area contributed by atoms with Gasteiger partial charge in [-0.15, -0.1) is 0 Å². The first-order valence-corrected chi connectivity index (χ1v) is 7.98. The lowest BCUT2D eigenvalue weighted by molar-refractivity contribution is 0.217. The Labute approximate surface area is 141 Å². The van der Waals surface area contributed by atoms with Crippen LogP contribution >= 0.6 is 0 Å². The van der Waals surface area contributed by atoms with E-state index in [1.807, 2.05) is 43.3 Å². The van der Waals surface area contributed by atoms with Crippen LogP contribution in [0.15, 0.2) is 48.8 Å². The molecule has 0 aliphatic carbocycles. The Bertz CT molecular complexity index is 785. The highest BCUT2D eigenvalue weighted by Crippen LogP contribution is 2.22. The summed E-state index contributed by atoms with van der Waals surface area (Å²) in [5, 5.41) is 10.4. The first-order valence-electron chi connectivity index (χ1n) is 7.98. The molecule has 0 bridgehead atoms. The van der Waals surface area contributed by atoms with Crippen LogP contribution in [-0.4, -0.2) is 20.2 Å². The van der Waals surface area contributed by atoms with Crippen molar-refractivity contribution in [3.63, 3.8) is 0 Å². The molecule has 1 aromatic carbocycles. The van der Waals surface area contributed by atoms with Crippen LogP contribution in [0.3, 0.4) is 0 Å². The number of H-pyrrole nitrogens is 1. The molecule has 0 radical (unpaired) electrons. The summed E-state index contributed by atoms with van der Waals surface area (Å²) in [5.74, 6) is 2.16. The van der Waals surface area contributed by atoms with Crippen LogP contribution < -0.4 is 10.1 Å². The second-order valence-electron chi connectivity index (χ2n) is 5.90. The van der Waals surface area contributed by atoms with E-state index in [0.717, 1.165) is 11.3 Å². The molecule has 6 heteroatoms. The number of aromatic nitrogens is 4. The molecular formula is C18H21N5O. The molecule has 2 heterocycles. The highest BCUT2D eigenvalue weighted by atomic mass is 16.5. The van der Waals surface area contributed by atoms with Gasteiger partial charge in [0, 0.05) is 11.8 Å². The Morgan fingerprint density at radius 2 is 1.83 bits per heavy atom. The third kappa shape index (κ3) is 3.90. The monoisotopic (exact) mass is 323 g/mol. The van der Waals surface area contributed by atoms with Crippen molar-refractivity contribution in [1.29, 1.82) is 0 Å². The number of hydrogen-bond acceptors (Lipinski definition) is 5. The van der Waals surface area contributed by atoms with Gasteiger partial charge >= 0.3 is 0 Å². The van der Waals surface area contributed by atoms with Gasteiger partial charge in [-0.3, -0.25) is 10.1 Å². The summed E-state index contributed by atoms with van der Waals surface area (Å²) in [7, 11) is 0. The molecule has 124 valence electrons. The van der Waals surface area contributed by atoms with E-state index in [0.29, 0.717) is 23.4 Å². The summed E-state index contributed by atoms with van der Waals surface area (Å²) < 4.78 is 5.88. The molecule has 0 amide bonds. The summed E-state index contributed by atoms with van der Waals surface area (Å²) in [6, 6.07) is 12.0. The fourth-order valence-electron chi connectivity index (χ4n) is 2.27. The molecule has 0 unspecified atom stereocenters. The zero-order valence-corrected chi connectivity index (χ0v) is 14.0. The van der Waals surface area contributed by atoms with Crippen molar-refractivity contribution in [3.05, 3.63) is 60.0 Å². The normalized spacial score (nSPS) is 12.2. The van der Waals surface area contributed by atoms with E-state index >= 15 is 0 Å². The molecule has 0 aliphatic rings. The number of benzene rings is 1. The summed E-state index contributed by atoms with van der Waals surface area (Å²) in [5.41, 5.74) is 2.15. The van der Waals surface area contributed by atoms with Gasteiger partial charge in [0.2, 0.25) is 5.88 Å². The molecule has 0 saturated heterocycles. The number of rotatable bonds is 6. The second kappa shape index (κ2) is 7.12. The van der Waals surface area contributed by atoms with Crippen molar-refractivity contribution in [1.82, 2.24) is 20.2 Å².